The van der Waals surface area contributed by atoms with Gasteiger partial charge in [0, 0.05) is 19.5 Å². The fourth-order valence-corrected chi connectivity index (χ4v) is 1.36. The van der Waals surface area contributed by atoms with Gasteiger partial charge >= 0.3 is 5.97 Å². The molecular weight excluding hydrogens is 230 g/mol. The molecular formula is C14H15NO3. The molecule has 4 nitrogen and oxygen atoms in total. The highest BCUT2D eigenvalue weighted by atomic mass is 16.4. The third kappa shape index (κ3) is 5.12. The van der Waals surface area contributed by atoms with Crippen LogP contribution < -0.4 is 5.32 Å². The molecule has 0 fully saturated rings. The van der Waals surface area contributed by atoms with Crippen molar-refractivity contribution in [2.24, 2.45) is 0 Å². The zero-order valence-corrected chi connectivity index (χ0v) is 10.1. The fraction of sp³-hybridized carbons (Fsp3) is 0.143. The number of carboxylic acid groups (broad SMARTS) is 1. The summed E-state index contributed by atoms with van der Waals surface area (Å²) in [7, 11) is 0. The largest absolute Gasteiger partial charge is 0.478 e. The maximum Gasteiger partial charge on any atom is 0.328 e. The minimum absolute atomic E-state index is 0.0845. The van der Waals surface area contributed by atoms with E-state index in [1.54, 1.807) is 6.08 Å². The lowest BCUT2D eigenvalue weighted by Crippen LogP contribution is -2.19. The van der Waals surface area contributed by atoms with E-state index >= 15 is 0 Å². The highest BCUT2D eigenvalue weighted by Gasteiger charge is 1.95. The Morgan fingerprint density at radius 1 is 1.22 bits per heavy atom. The predicted octanol–water partition coefficient (Wildman–Crippen LogP) is 1.93. The number of carbonyl (C=O) groups is 2. The van der Waals surface area contributed by atoms with Crippen LogP contribution in [0.3, 0.4) is 0 Å². The number of carbonyl (C=O) groups excluding carboxylic acids is 1. The molecule has 0 heterocycles. The van der Waals surface area contributed by atoms with Crippen LogP contribution in [-0.4, -0.2) is 23.5 Å². The Balaban J connectivity index is 2.76. The summed E-state index contributed by atoms with van der Waals surface area (Å²) >= 11 is 0. The molecule has 1 rings (SSSR count). The van der Waals surface area contributed by atoms with Crippen molar-refractivity contribution in [3.05, 3.63) is 47.5 Å². The molecule has 1 aromatic carbocycles. The SMILES string of the molecule is CC(=O)NCC=Cc1ccccc1/C=C/C(=O)O. The van der Waals surface area contributed by atoms with E-state index < -0.39 is 5.97 Å². The highest BCUT2D eigenvalue weighted by Crippen LogP contribution is 2.12. The number of carboxylic acids is 1. The maximum absolute atomic E-state index is 10.7. The zero-order chi connectivity index (χ0) is 13.4. The number of hydrogen-bond donors (Lipinski definition) is 2. The average Bonchev–Trinajstić information content (AvgIpc) is 2.33. The second-order valence-corrected chi connectivity index (χ2v) is 3.64. The number of amides is 1. The smallest absolute Gasteiger partial charge is 0.328 e. The first kappa shape index (κ1) is 13.7. The number of aliphatic carboxylic acids is 1. The van der Waals surface area contributed by atoms with Gasteiger partial charge < -0.3 is 10.4 Å². The normalized spacial score (nSPS) is 10.9. The molecule has 2 N–H and O–H groups in total. The van der Waals surface area contributed by atoms with Gasteiger partial charge in [-0.3, -0.25) is 4.79 Å². The monoisotopic (exact) mass is 245 g/mol. The number of rotatable bonds is 5. The Morgan fingerprint density at radius 2 is 1.83 bits per heavy atom. The Kier molecular flexibility index (Phi) is 5.38. The summed E-state index contributed by atoms with van der Waals surface area (Å²) in [5.41, 5.74) is 1.72. The molecule has 0 saturated heterocycles. The first-order valence-corrected chi connectivity index (χ1v) is 5.50. The van der Waals surface area contributed by atoms with Gasteiger partial charge in [-0.05, 0) is 17.2 Å². The van der Waals surface area contributed by atoms with E-state index in [-0.39, 0.29) is 5.91 Å². The molecule has 0 unspecified atom stereocenters. The predicted molar refractivity (Wildman–Crippen MR) is 70.8 cm³/mol. The lowest BCUT2D eigenvalue weighted by atomic mass is 10.1. The van der Waals surface area contributed by atoms with Crippen molar-refractivity contribution in [1.82, 2.24) is 5.32 Å². The van der Waals surface area contributed by atoms with E-state index in [4.69, 9.17) is 5.11 Å². The van der Waals surface area contributed by atoms with Crippen LogP contribution in [-0.2, 0) is 9.59 Å². The maximum atomic E-state index is 10.7. The fourth-order valence-electron chi connectivity index (χ4n) is 1.36. The van der Waals surface area contributed by atoms with Gasteiger partial charge in [0.15, 0.2) is 0 Å². The van der Waals surface area contributed by atoms with Crippen LogP contribution in [0.5, 0.6) is 0 Å². The number of hydrogen-bond acceptors (Lipinski definition) is 2. The first-order chi connectivity index (χ1) is 8.59. The van der Waals surface area contributed by atoms with Gasteiger partial charge in [0.05, 0.1) is 0 Å². The number of nitrogens with one attached hydrogen (secondary N) is 1. The summed E-state index contributed by atoms with van der Waals surface area (Å²) in [6.07, 6.45) is 6.30. The van der Waals surface area contributed by atoms with E-state index in [1.807, 2.05) is 36.4 Å². The topological polar surface area (TPSA) is 66.4 Å². The molecule has 94 valence electrons. The number of benzene rings is 1. The lowest BCUT2D eigenvalue weighted by Gasteiger charge is -2.00. The van der Waals surface area contributed by atoms with Crippen molar-refractivity contribution in [2.75, 3.05) is 6.54 Å². The van der Waals surface area contributed by atoms with Gasteiger partial charge in [0.1, 0.15) is 0 Å². The lowest BCUT2D eigenvalue weighted by molar-refractivity contribution is -0.131. The Hall–Kier alpha value is -2.36. The standard InChI is InChI=1S/C14H15NO3/c1-11(16)15-10-4-7-12-5-2-3-6-13(12)8-9-14(17)18/h2-9H,10H2,1H3,(H,15,16)(H,17,18)/b7-4?,9-8+. The minimum Gasteiger partial charge on any atom is -0.478 e. The molecule has 0 aliphatic heterocycles. The molecule has 4 heteroatoms. The molecule has 0 aliphatic carbocycles. The summed E-state index contributed by atoms with van der Waals surface area (Å²) in [4.78, 5) is 21.1. The first-order valence-electron chi connectivity index (χ1n) is 5.50. The summed E-state index contributed by atoms with van der Waals surface area (Å²) in [6.45, 7) is 1.91. The molecule has 0 spiro atoms. The second-order valence-electron chi connectivity index (χ2n) is 3.64. The minimum atomic E-state index is -0.980. The van der Waals surface area contributed by atoms with Crippen molar-refractivity contribution in [3.63, 3.8) is 0 Å². The van der Waals surface area contributed by atoms with Crippen molar-refractivity contribution in [3.8, 4) is 0 Å². The third-order valence-electron chi connectivity index (χ3n) is 2.17. The summed E-state index contributed by atoms with van der Waals surface area (Å²) in [6, 6.07) is 7.42. The zero-order valence-electron chi connectivity index (χ0n) is 10.1. The van der Waals surface area contributed by atoms with Crippen molar-refractivity contribution >= 4 is 24.0 Å². The molecule has 0 radical (unpaired) electrons. The summed E-state index contributed by atoms with van der Waals surface area (Å²) in [5, 5.41) is 11.2. The third-order valence-corrected chi connectivity index (χ3v) is 2.17. The molecule has 0 saturated carbocycles. The van der Waals surface area contributed by atoms with Crippen molar-refractivity contribution in [1.29, 1.82) is 0 Å². The Morgan fingerprint density at radius 3 is 2.39 bits per heavy atom. The quantitative estimate of drug-likeness (QED) is 0.779. The Bertz CT molecular complexity index is 490. The van der Waals surface area contributed by atoms with E-state index in [1.165, 1.54) is 6.92 Å². The van der Waals surface area contributed by atoms with E-state index in [2.05, 4.69) is 5.32 Å². The van der Waals surface area contributed by atoms with Crippen molar-refractivity contribution in [2.45, 2.75) is 6.92 Å². The molecule has 0 aliphatic rings. The van der Waals surface area contributed by atoms with E-state index in [9.17, 15) is 9.59 Å². The summed E-state index contributed by atoms with van der Waals surface area (Å²) in [5.74, 6) is -1.06. The molecule has 0 bridgehead atoms. The van der Waals surface area contributed by atoms with Gasteiger partial charge in [-0.1, -0.05) is 36.4 Å². The molecule has 0 aromatic heterocycles. The van der Waals surface area contributed by atoms with E-state index in [0.717, 1.165) is 17.2 Å². The van der Waals surface area contributed by atoms with Crippen molar-refractivity contribution < 1.29 is 14.7 Å². The molecule has 0 atom stereocenters. The summed E-state index contributed by atoms with van der Waals surface area (Å²) < 4.78 is 0. The van der Waals surface area contributed by atoms with Gasteiger partial charge in [-0.25, -0.2) is 4.79 Å². The van der Waals surface area contributed by atoms with Gasteiger partial charge in [0.25, 0.3) is 0 Å². The van der Waals surface area contributed by atoms with Crippen LogP contribution in [0.25, 0.3) is 12.2 Å². The van der Waals surface area contributed by atoms with E-state index in [0.29, 0.717) is 6.54 Å². The van der Waals surface area contributed by atoms with Gasteiger partial charge in [-0.15, -0.1) is 0 Å². The second kappa shape index (κ2) is 7.06. The molecule has 18 heavy (non-hydrogen) atoms. The van der Waals surface area contributed by atoms with Crippen LogP contribution in [0.4, 0.5) is 0 Å². The van der Waals surface area contributed by atoms with Gasteiger partial charge in [-0.2, -0.15) is 0 Å². The molecule has 1 amide bonds. The average molecular weight is 245 g/mol. The van der Waals surface area contributed by atoms with Crippen LogP contribution in [0, 0.1) is 0 Å². The van der Waals surface area contributed by atoms with Crippen LogP contribution in [0.2, 0.25) is 0 Å². The Labute approximate surface area is 106 Å². The van der Waals surface area contributed by atoms with Crippen LogP contribution >= 0.6 is 0 Å². The van der Waals surface area contributed by atoms with Crippen LogP contribution in [0.1, 0.15) is 18.1 Å². The van der Waals surface area contributed by atoms with Crippen LogP contribution in [0.15, 0.2) is 36.4 Å². The molecule has 1 aromatic rings. The highest BCUT2D eigenvalue weighted by molar-refractivity contribution is 5.86. The van der Waals surface area contributed by atoms with Gasteiger partial charge in [0.2, 0.25) is 5.91 Å².